The van der Waals surface area contributed by atoms with Crippen LogP contribution >= 0.6 is 0 Å². The number of benzene rings is 1. The van der Waals surface area contributed by atoms with Crippen LogP contribution in [0.2, 0.25) is 0 Å². The summed E-state index contributed by atoms with van der Waals surface area (Å²) in [5.41, 5.74) is 5.44. The van der Waals surface area contributed by atoms with Gasteiger partial charge in [0.25, 0.3) is 0 Å². The van der Waals surface area contributed by atoms with Crippen LogP contribution in [0.5, 0.6) is 0 Å². The third kappa shape index (κ3) is 4.60. The zero-order chi connectivity index (χ0) is 13.3. The normalized spacial score (nSPS) is 12.5. The first kappa shape index (κ1) is 13.8. The van der Waals surface area contributed by atoms with Gasteiger partial charge in [-0.05, 0) is 23.6 Å². The van der Waals surface area contributed by atoms with Crippen LogP contribution in [0.25, 0.3) is 0 Å². The maximum Gasteiger partial charge on any atom is 0.233 e. The quantitative estimate of drug-likeness (QED) is 0.818. The van der Waals surface area contributed by atoms with Crippen molar-refractivity contribution in [3.05, 3.63) is 24.0 Å². The molecule has 0 saturated carbocycles. The van der Waals surface area contributed by atoms with Crippen LogP contribution in [0.4, 0.5) is 15.8 Å². The molecule has 96 valence electrons. The van der Waals surface area contributed by atoms with Gasteiger partial charge in [0, 0.05) is 0 Å². The van der Waals surface area contributed by atoms with Crippen molar-refractivity contribution in [1.82, 2.24) is 0 Å². The van der Waals surface area contributed by atoms with E-state index < -0.39 is 15.8 Å². The Labute approximate surface area is 101 Å². The number of hydrogen-bond acceptors (Lipinski definition) is 3. The van der Waals surface area contributed by atoms with Crippen molar-refractivity contribution in [2.75, 3.05) is 16.2 Å². The summed E-state index contributed by atoms with van der Waals surface area (Å²) < 4.78 is 38.7. The molecule has 0 atom stereocenters. The molecule has 0 amide bonds. The lowest BCUT2D eigenvalue weighted by molar-refractivity contribution is 0.463. The Morgan fingerprint density at radius 3 is 2.41 bits per heavy atom. The highest BCUT2D eigenvalue weighted by Crippen LogP contribution is 2.23. The van der Waals surface area contributed by atoms with Gasteiger partial charge >= 0.3 is 0 Å². The Balaban J connectivity index is 2.91. The molecular formula is C11H17FN2O2S. The molecule has 0 heterocycles. The first-order chi connectivity index (χ1) is 7.59. The predicted molar refractivity (Wildman–Crippen MR) is 67.7 cm³/mol. The fraction of sp³-hybridized carbons (Fsp3) is 0.455. The van der Waals surface area contributed by atoms with Crippen molar-refractivity contribution in [3.63, 3.8) is 0 Å². The number of nitrogens with two attached hydrogens (primary N) is 1. The van der Waals surface area contributed by atoms with Gasteiger partial charge < -0.3 is 5.73 Å². The molecule has 1 rings (SSSR count). The second-order valence-corrected chi connectivity index (χ2v) is 6.88. The molecule has 1 aromatic rings. The minimum absolute atomic E-state index is 0.0309. The number of rotatable bonds is 3. The summed E-state index contributed by atoms with van der Waals surface area (Å²) in [7, 11) is -3.48. The van der Waals surface area contributed by atoms with E-state index in [2.05, 4.69) is 4.72 Å². The standard InChI is InChI=1S/C11H17FN2O2S/c1-11(2,3)7-17(15,16)14-10-5-4-8(12)6-9(10)13/h4-6,14H,7,13H2,1-3H3. The van der Waals surface area contributed by atoms with Gasteiger partial charge in [-0.2, -0.15) is 0 Å². The van der Waals surface area contributed by atoms with E-state index in [1.807, 2.05) is 20.8 Å². The summed E-state index contributed by atoms with van der Waals surface area (Å²) in [5, 5.41) is 0. The van der Waals surface area contributed by atoms with E-state index in [1.165, 1.54) is 6.07 Å². The lowest BCUT2D eigenvalue weighted by Gasteiger charge is -2.19. The van der Waals surface area contributed by atoms with Gasteiger partial charge in [0.2, 0.25) is 10.0 Å². The minimum atomic E-state index is -3.48. The average molecular weight is 260 g/mol. The third-order valence-corrected chi connectivity index (χ3v) is 3.68. The molecule has 0 aliphatic rings. The highest BCUT2D eigenvalue weighted by atomic mass is 32.2. The molecule has 4 nitrogen and oxygen atoms in total. The van der Waals surface area contributed by atoms with Crippen molar-refractivity contribution in [1.29, 1.82) is 0 Å². The van der Waals surface area contributed by atoms with Gasteiger partial charge in [0.15, 0.2) is 0 Å². The number of nitrogens with one attached hydrogen (secondary N) is 1. The maximum absolute atomic E-state index is 12.8. The number of sulfonamides is 1. The van der Waals surface area contributed by atoms with Crippen molar-refractivity contribution >= 4 is 21.4 Å². The molecule has 0 aromatic heterocycles. The Bertz CT molecular complexity index is 507. The lowest BCUT2D eigenvalue weighted by Crippen LogP contribution is -2.26. The summed E-state index contributed by atoms with van der Waals surface area (Å²) >= 11 is 0. The molecule has 3 N–H and O–H groups in total. The number of anilines is 2. The summed E-state index contributed by atoms with van der Waals surface area (Å²) in [6, 6.07) is 3.55. The molecule has 0 fully saturated rings. The summed E-state index contributed by atoms with van der Waals surface area (Å²) in [4.78, 5) is 0. The van der Waals surface area contributed by atoms with E-state index in [1.54, 1.807) is 0 Å². The third-order valence-electron chi connectivity index (χ3n) is 1.90. The molecule has 0 aliphatic heterocycles. The van der Waals surface area contributed by atoms with E-state index in [-0.39, 0.29) is 22.5 Å². The lowest BCUT2D eigenvalue weighted by atomic mass is 10.0. The van der Waals surface area contributed by atoms with Crippen LogP contribution in [0.1, 0.15) is 20.8 Å². The van der Waals surface area contributed by atoms with E-state index >= 15 is 0 Å². The van der Waals surface area contributed by atoms with Crippen LogP contribution in [-0.4, -0.2) is 14.2 Å². The molecule has 0 bridgehead atoms. The first-order valence-corrected chi connectivity index (χ1v) is 6.80. The average Bonchev–Trinajstić information content (AvgIpc) is 2.05. The monoisotopic (exact) mass is 260 g/mol. The van der Waals surface area contributed by atoms with Crippen LogP contribution in [0.3, 0.4) is 0 Å². The van der Waals surface area contributed by atoms with Crippen molar-refractivity contribution in [2.24, 2.45) is 5.41 Å². The topological polar surface area (TPSA) is 72.2 Å². The molecule has 0 radical (unpaired) electrons. The largest absolute Gasteiger partial charge is 0.397 e. The van der Waals surface area contributed by atoms with Crippen molar-refractivity contribution in [2.45, 2.75) is 20.8 Å². The zero-order valence-electron chi connectivity index (χ0n) is 10.1. The SMILES string of the molecule is CC(C)(C)CS(=O)(=O)Nc1ccc(F)cc1N. The Morgan fingerprint density at radius 2 is 1.94 bits per heavy atom. The molecule has 0 spiro atoms. The van der Waals surface area contributed by atoms with Crippen molar-refractivity contribution in [3.8, 4) is 0 Å². The molecule has 17 heavy (non-hydrogen) atoms. The number of nitrogen functional groups attached to an aromatic ring is 1. The molecule has 0 aliphatic carbocycles. The molecule has 6 heteroatoms. The van der Waals surface area contributed by atoms with Gasteiger partial charge in [-0.1, -0.05) is 20.8 Å². The molecular weight excluding hydrogens is 243 g/mol. The summed E-state index contributed by atoms with van der Waals surface area (Å²) in [6.45, 7) is 5.46. The van der Waals surface area contributed by atoms with Gasteiger partial charge in [-0.25, -0.2) is 12.8 Å². The fourth-order valence-electron chi connectivity index (χ4n) is 1.40. The fourth-order valence-corrected chi connectivity index (χ4v) is 3.13. The van der Waals surface area contributed by atoms with Gasteiger partial charge in [-0.3, -0.25) is 4.72 Å². The second kappa shape index (κ2) is 4.52. The van der Waals surface area contributed by atoms with Crippen LogP contribution in [0.15, 0.2) is 18.2 Å². The molecule has 1 aromatic carbocycles. The van der Waals surface area contributed by atoms with Gasteiger partial charge in [0.1, 0.15) is 5.82 Å². The molecule has 0 saturated heterocycles. The Hall–Kier alpha value is -1.30. The number of halogens is 1. The zero-order valence-corrected chi connectivity index (χ0v) is 10.9. The van der Waals surface area contributed by atoms with E-state index in [9.17, 15) is 12.8 Å². The van der Waals surface area contributed by atoms with E-state index in [0.29, 0.717) is 0 Å². The van der Waals surface area contributed by atoms with Gasteiger partial charge in [-0.15, -0.1) is 0 Å². The van der Waals surface area contributed by atoms with Crippen LogP contribution < -0.4 is 10.5 Å². The van der Waals surface area contributed by atoms with E-state index in [0.717, 1.165) is 12.1 Å². The Kier molecular flexibility index (Phi) is 3.66. The second-order valence-electron chi connectivity index (χ2n) is 5.15. The maximum atomic E-state index is 12.8. The highest BCUT2D eigenvalue weighted by molar-refractivity contribution is 7.92. The molecule has 0 unspecified atom stereocenters. The van der Waals surface area contributed by atoms with Crippen LogP contribution in [0, 0.1) is 11.2 Å². The van der Waals surface area contributed by atoms with Crippen molar-refractivity contribution < 1.29 is 12.8 Å². The number of hydrogen-bond donors (Lipinski definition) is 2. The summed E-state index contributed by atoms with van der Waals surface area (Å²) in [5.74, 6) is -0.530. The van der Waals surface area contributed by atoms with E-state index in [4.69, 9.17) is 5.73 Å². The predicted octanol–water partition coefficient (Wildman–Crippen LogP) is 2.20. The van der Waals surface area contributed by atoms with Gasteiger partial charge in [0.05, 0.1) is 17.1 Å². The Morgan fingerprint density at radius 1 is 1.35 bits per heavy atom. The smallest absolute Gasteiger partial charge is 0.233 e. The van der Waals surface area contributed by atoms with Crippen LogP contribution in [-0.2, 0) is 10.0 Å². The minimum Gasteiger partial charge on any atom is -0.397 e. The first-order valence-electron chi connectivity index (χ1n) is 5.15. The highest BCUT2D eigenvalue weighted by Gasteiger charge is 2.22. The summed E-state index contributed by atoms with van der Waals surface area (Å²) in [6.07, 6.45) is 0.